The normalized spacial score (nSPS) is 17.1. The van der Waals surface area contributed by atoms with Gasteiger partial charge in [-0.05, 0) is 25.0 Å². The Hall–Kier alpha value is -0.910. The quantitative estimate of drug-likeness (QED) is 0.864. The van der Waals surface area contributed by atoms with Crippen LogP contribution in [0.3, 0.4) is 0 Å². The number of rotatable bonds is 5. The van der Waals surface area contributed by atoms with Crippen LogP contribution < -0.4 is 11.1 Å². The number of carbonyl (C=O) groups excluding carboxylic acids is 1. The van der Waals surface area contributed by atoms with Crippen LogP contribution in [0.2, 0.25) is 0 Å². The summed E-state index contributed by atoms with van der Waals surface area (Å²) in [4.78, 5) is 12.2. The van der Waals surface area contributed by atoms with Crippen LogP contribution in [0.15, 0.2) is 22.7 Å². The van der Waals surface area contributed by atoms with Crippen LogP contribution in [0, 0.1) is 0 Å². The monoisotopic (exact) mass is 340 g/mol. The average molecular weight is 341 g/mol. The number of amides is 1. The van der Waals surface area contributed by atoms with Gasteiger partial charge in [-0.1, -0.05) is 34.8 Å². The van der Waals surface area contributed by atoms with Crippen molar-refractivity contribution in [3.8, 4) is 0 Å². The first kappa shape index (κ1) is 15.5. The number of carbonyl (C=O) groups is 1. The van der Waals surface area contributed by atoms with Gasteiger partial charge in [0.15, 0.2) is 0 Å². The van der Waals surface area contributed by atoms with Gasteiger partial charge in [-0.25, -0.2) is 0 Å². The molecule has 1 amide bonds. The van der Waals surface area contributed by atoms with Crippen molar-refractivity contribution in [2.24, 2.45) is 5.73 Å². The topological polar surface area (TPSA) is 64.3 Å². The first-order valence-corrected chi connectivity index (χ1v) is 7.68. The van der Waals surface area contributed by atoms with E-state index in [-0.39, 0.29) is 11.4 Å². The van der Waals surface area contributed by atoms with Crippen molar-refractivity contribution in [1.29, 1.82) is 0 Å². The molecule has 0 aliphatic heterocycles. The van der Waals surface area contributed by atoms with Gasteiger partial charge in [-0.15, -0.1) is 0 Å². The minimum absolute atomic E-state index is 0.0233. The van der Waals surface area contributed by atoms with Gasteiger partial charge >= 0.3 is 0 Å². The molecule has 3 N–H and O–H groups in total. The molecule has 1 fully saturated rings. The van der Waals surface area contributed by atoms with Crippen molar-refractivity contribution >= 4 is 27.5 Å². The highest BCUT2D eigenvalue weighted by Gasteiger charge is 2.31. The van der Waals surface area contributed by atoms with Crippen LogP contribution in [-0.4, -0.2) is 18.6 Å². The second kappa shape index (κ2) is 6.70. The molecule has 1 aliphatic carbocycles. The van der Waals surface area contributed by atoms with Crippen molar-refractivity contribution < 1.29 is 9.53 Å². The summed E-state index contributed by atoms with van der Waals surface area (Å²) in [6.45, 7) is 0.449. The molecular formula is C15H21BrN2O2. The second-order valence-corrected chi connectivity index (χ2v) is 6.35. The van der Waals surface area contributed by atoms with E-state index in [0.717, 1.165) is 41.4 Å². The number of nitrogens with one attached hydrogen (secondary N) is 1. The van der Waals surface area contributed by atoms with Crippen LogP contribution >= 0.6 is 15.9 Å². The average Bonchev–Trinajstić information content (AvgIpc) is 2.80. The molecule has 1 aromatic rings. The molecule has 0 saturated heterocycles. The summed E-state index contributed by atoms with van der Waals surface area (Å²) in [5, 5.41) is 2.96. The molecule has 1 saturated carbocycles. The fraction of sp³-hybridized carbons (Fsp3) is 0.533. The molecule has 0 bridgehead atoms. The van der Waals surface area contributed by atoms with Crippen LogP contribution in [-0.2, 0) is 16.1 Å². The molecule has 1 aromatic carbocycles. The minimum atomic E-state index is -0.322. The number of hydrogen-bond donors (Lipinski definition) is 2. The van der Waals surface area contributed by atoms with Crippen molar-refractivity contribution in [3.63, 3.8) is 0 Å². The van der Waals surface area contributed by atoms with Gasteiger partial charge in [0, 0.05) is 34.8 Å². The number of anilines is 1. The summed E-state index contributed by atoms with van der Waals surface area (Å²) < 4.78 is 6.11. The SMILES string of the molecule is COCc1c(Br)cccc1NC(=O)CC1(N)CCCC1. The van der Waals surface area contributed by atoms with E-state index in [1.54, 1.807) is 7.11 Å². The number of halogens is 1. The second-order valence-electron chi connectivity index (χ2n) is 5.49. The van der Waals surface area contributed by atoms with Crippen LogP contribution in [0.1, 0.15) is 37.7 Å². The van der Waals surface area contributed by atoms with Crippen molar-refractivity contribution in [1.82, 2.24) is 0 Å². The van der Waals surface area contributed by atoms with E-state index in [1.165, 1.54) is 0 Å². The number of methoxy groups -OCH3 is 1. The first-order chi connectivity index (χ1) is 9.54. The van der Waals surface area contributed by atoms with Crippen molar-refractivity contribution in [2.45, 2.75) is 44.2 Å². The Labute approximate surface area is 128 Å². The van der Waals surface area contributed by atoms with Gasteiger partial charge < -0.3 is 15.8 Å². The molecule has 0 aromatic heterocycles. The van der Waals surface area contributed by atoms with E-state index in [9.17, 15) is 4.79 Å². The Kier molecular flexibility index (Phi) is 5.18. The van der Waals surface area contributed by atoms with Crippen LogP contribution in [0.5, 0.6) is 0 Å². The number of ether oxygens (including phenoxy) is 1. The third-order valence-corrected chi connectivity index (χ3v) is 4.54. The van der Waals surface area contributed by atoms with Crippen molar-refractivity contribution in [2.75, 3.05) is 12.4 Å². The van der Waals surface area contributed by atoms with Crippen LogP contribution in [0.25, 0.3) is 0 Å². The Morgan fingerprint density at radius 1 is 1.45 bits per heavy atom. The highest BCUT2D eigenvalue weighted by Crippen LogP contribution is 2.31. The maximum atomic E-state index is 12.2. The Morgan fingerprint density at radius 3 is 2.80 bits per heavy atom. The summed E-state index contributed by atoms with van der Waals surface area (Å²) in [5.74, 6) is -0.0233. The lowest BCUT2D eigenvalue weighted by Gasteiger charge is -2.23. The Bertz CT molecular complexity index is 485. The lowest BCUT2D eigenvalue weighted by molar-refractivity contribution is -0.117. The third kappa shape index (κ3) is 3.81. The lowest BCUT2D eigenvalue weighted by Crippen LogP contribution is -2.40. The molecule has 4 nitrogen and oxygen atoms in total. The molecule has 0 atom stereocenters. The smallest absolute Gasteiger partial charge is 0.226 e. The number of hydrogen-bond acceptors (Lipinski definition) is 3. The van der Waals surface area contributed by atoms with E-state index in [2.05, 4.69) is 21.2 Å². The summed E-state index contributed by atoms with van der Waals surface area (Å²) >= 11 is 3.48. The Balaban J connectivity index is 2.05. The summed E-state index contributed by atoms with van der Waals surface area (Å²) in [7, 11) is 1.64. The number of benzene rings is 1. The van der Waals surface area contributed by atoms with E-state index in [4.69, 9.17) is 10.5 Å². The molecule has 1 aliphatic rings. The summed E-state index contributed by atoms with van der Waals surface area (Å²) in [6.07, 6.45) is 4.49. The molecule has 0 radical (unpaired) electrons. The van der Waals surface area contributed by atoms with Gasteiger partial charge in [-0.3, -0.25) is 4.79 Å². The van der Waals surface area contributed by atoms with E-state index in [1.807, 2.05) is 18.2 Å². The highest BCUT2D eigenvalue weighted by atomic mass is 79.9. The molecule has 0 unspecified atom stereocenters. The zero-order valence-corrected chi connectivity index (χ0v) is 13.3. The van der Waals surface area contributed by atoms with Crippen molar-refractivity contribution in [3.05, 3.63) is 28.2 Å². The fourth-order valence-electron chi connectivity index (χ4n) is 2.74. The lowest BCUT2D eigenvalue weighted by atomic mass is 9.94. The number of nitrogens with two attached hydrogens (primary N) is 1. The molecule has 0 spiro atoms. The predicted molar refractivity (Wildman–Crippen MR) is 83.5 cm³/mol. The highest BCUT2D eigenvalue weighted by molar-refractivity contribution is 9.10. The minimum Gasteiger partial charge on any atom is -0.380 e. The standard InChI is InChI=1S/C15H21BrN2O2/c1-20-10-11-12(16)5-4-6-13(11)18-14(19)9-15(17)7-2-3-8-15/h4-6H,2-3,7-10,17H2,1H3,(H,18,19). The first-order valence-electron chi connectivity index (χ1n) is 6.89. The molecule has 5 heteroatoms. The van der Waals surface area contributed by atoms with Gasteiger partial charge in [-0.2, -0.15) is 0 Å². The maximum Gasteiger partial charge on any atom is 0.226 e. The molecule has 20 heavy (non-hydrogen) atoms. The molecule has 110 valence electrons. The largest absolute Gasteiger partial charge is 0.380 e. The Morgan fingerprint density at radius 2 is 2.15 bits per heavy atom. The van der Waals surface area contributed by atoms with E-state index >= 15 is 0 Å². The maximum absolute atomic E-state index is 12.2. The van der Waals surface area contributed by atoms with Gasteiger partial charge in [0.2, 0.25) is 5.91 Å². The molecular weight excluding hydrogens is 320 g/mol. The van der Waals surface area contributed by atoms with Gasteiger partial charge in [0.25, 0.3) is 0 Å². The van der Waals surface area contributed by atoms with E-state index < -0.39 is 0 Å². The summed E-state index contributed by atoms with van der Waals surface area (Å²) in [5.41, 5.74) is 7.65. The van der Waals surface area contributed by atoms with Crippen LogP contribution in [0.4, 0.5) is 5.69 Å². The fourth-order valence-corrected chi connectivity index (χ4v) is 3.22. The van der Waals surface area contributed by atoms with E-state index in [0.29, 0.717) is 13.0 Å². The zero-order valence-electron chi connectivity index (χ0n) is 11.7. The predicted octanol–water partition coefficient (Wildman–Crippen LogP) is 3.20. The molecule has 0 heterocycles. The zero-order chi connectivity index (χ0) is 14.6. The van der Waals surface area contributed by atoms with Gasteiger partial charge in [0.05, 0.1) is 6.61 Å². The summed E-state index contributed by atoms with van der Waals surface area (Å²) in [6, 6.07) is 5.72. The third-order valence-electron chi connectivity index (χ3n) is 3.79. The molecule has 2 rings (SSSR count). The van der Waals surface area contributed by atoms with Gasteiger partial charge in [0.1, 0.15) is 0 Å².